The third-order valence-corrected chi connectivity index (χ3v) is 22.7. The predicted molar refractivity (Wildman–Crippen MR) is 288 cm³/mol. The van der Waals surface area contributed by atoms with Crippen LogP contribution in [0.2, 0.25) is 0 Å². The molecule has 7 N–H and O–H groups in total. The number of carbonyl (C=O) groups is 1. The maximum atomic E-state index is 12.7. The molecule has 6 saturated heterocycles. The Bertz CT molecular complexity index is 2210. The van der Waals surface area contributed by atoms with E-state index in [9.17, 15) is 40.5 Å². The predicted octanol–water partition coefficient (Wildman–Crippen LogP) is 4.41. The van der Waals surface area contributed by atoms with Gasteiger partial charge in [0.1, 0.15) is 37.1 Å². The van der Waals surface area contributed by atoms with Gasteiger partial charge in [0.05, 0.1) is 85.0 Å². The molecule has 33 atom stereocenters. The number of hydrogen-bond acceptors (Lipinski definition) is 21. The third kappa shape index (κ3) is 11.8. The van der Waals surface area contributed by atoms with Gasteiger partial charge in [-0.15, -0.1) is 0 Å². The van der Waals surface area contributed by atoms with E-state index in [2.05, 4.69) is 13.8 Å². The maximum absolute atomic E-state index is 12.7. The normalized spacial score (nSPS) is 55.5. The molecule has 7 aliphatic heterocycles. The van der Waals surface area contributed by atoms with E-state index in [-0.39, 0.29) is 78.9 Å². The first-order chi connectivity index (χ1) is 38.8. The number of hydrogen-bond donors (Lipinski definition) is 7. The number of cyclic esters (lactones) is 1. The zero-order valence-electron chi connectivity index (χ0n) is 49.9. The summed E-state index contributed by atoms with van der Waals surface area (Å²) in [6, 6.07) is 0. The summed E-state index contributed by atoms with van der Waals surface area (Å²) in [6.07, 6.45) is -6.50. The lowest BCUT2D eigenvalue weighted by atomic mass is 9.43. The first kappa shape index (κ1) is 62.1. The highest BCUT2D eigenvalue weighted by atomic mass is 16.8. The Kier molecular flexibility index (Phi) is 18.5. The number of aliphatic hydroxyl groups is 7. The third-order valence-electron chi connectivity index (χ3n) is 22.7. The molecule has 0 bridgehead atoms. The van der Waals surface area contributed by atoms with Crippen molar-refractivity contribution in [2.24, 2.45) is 46.3 Å². The van der Waals surface area contributed by atoms with Crippen LogP contribution in [0.4, 0.5) is 0 Å². The fourth-order valence-electron chi connectivity index (χ4n) is 17.3. The second-order valence-corrected chi connectivity index (χ2v) is 27.7. The molecule has 21 heteroatoms. The van der Waals surface area contributed by atoms with E-state index in [0.29, 0.717) is 18.4 Å². The zero-order chi connectivity index (χ0) is 58.5. The molecule has 0 aromatic carbocycles. The van der Waals surface area contributed by atoms with E-state index in [1.54, 1.807) is 19.9 Å². The Morgan fingerprint density at radius 2 is 1.09 bits per heavy atom. The minimum atomic E-state index is -1.09. The van der Waals surface area contributed by atoms with Crippen molar-refractivity contribution in [3.05, 3.63) is 11.6 Å². The SMILES string of the molecule is CC1OC(OC2C(C)OC(OC3C(O)CC(O[C@H]4CC[C@@]5(C)[C@H](CC[C@@H]6[C@@H]5CC[C@]5(C)[C@@H](C7=CC(=O)OC7)CC[C@]65O)C4)OC3C)C(C)C2O)CC(OC2OC(C)[C@@H](OC3OC(C)[C@H](OC4OC(C)[C@H](O)C[C@H]4O)C[C@H]3O)C[C@H]2O)C1C. The van der Waals surface area contributed by atoms with E-state index in [1.807, 2.05) is 41.5 Å². The summed E-state index contributed by atoms with van der Waals surface area (Å²) >= 11 is 0. The van der Waals surface area contributed by atoms with Gasteiger partial charge < -0.3 is 97.3 Å². The quantitative estimate of drug-likeness (QED) is 0.0993. The number of esters is 1. The Morgan fingerprint density at radius 3 is 1.73 bits per heavy atom. The van der Waals surface area contributed by atoms with E-state index in [0.717, 1.165) is 63.4 Å². The zero-order valence-corrected chi connectivity index (χ0v) is 49.9. The fourth-order valence-corrected chi connectivity index (χ4v) is 17.3. The van der Waals surface area contributed by atoms with Gasteiger partial charge in [-0.05, 0) is 134 Å². The van der Waals surface area contributed by atoms with Crippen molar-refractivity contribution >= 4 is 5.97 Å². The van der Waals surface area contributed by atoms with Crippen molar-refractivity contribution in [2.75, 3.05) is 6.61 Å². The van der Waals surface area contributed by atoms with Crippen molar-refractivity contribution in [1.82, 2.24) is 0 Å². The average Bonchev–Trinajstić information content (AvgIpc) is 2.63. The first-order valence-corrected chi connectivity index (χ1v) is 31.4. The van der Waals surface area contributed by atoms with Crippen LogP contribution in [0.3, 0.4) is 0 Å². The summed E-state index contributed by atoms with van der Waals surface area (Å²) in [7, 11) is 0. The molecule has 7 heterocycles. The van der Waals surface area contributed by atoms with Crippen LogP contribution < -0.4 is 0 Å². The Morgan fingerprint density at radius 1 is 0.488 bits per heavy atom. The maximum Gasteiger partial charge on any atom is 0.331 e. The van der Waals surface area contributed by atoms with Crippen LogP contribution in [0.5, 0.6) is 0 Å². The number of carbonyl (C=O) groups excluding carboxylic acids is 1. The molecular formula is C61H98O21. The van der Waals surface area contributed by atoms with Crippen molar-refractivity contribution in [1.29, 1.82) is 0 Å². The average molecular weight is 1170 g/mol. The largest absolute Gasteiger partial charge is 0.458 e. The number of aliphatic hydroxyl groups excluding tert-OH is 6. The molecule has 0 aromatic rings. The summed E-state index contributed by atoms with van der Waals surface area (Å²) in [5, 5.41) is 79.2. The highest BCUT2D eigenvalue weighted by molar-refractivity contribution is 5.85. The Hall–Kier alpha value is -1.55. The summed E-state index contributed by atoms with van der Waals surface area (Å²) in [4.78, 5) is 12.0. The van der Waals surface area contributed by atoms with Crippen molar-refractivity contribution in [3.8, 4) is 0 Å². The van der Waals surface area contributed by atoms with Gasteiger partial charge in [0.25, 0.3) is 0 Å². The van der Waals surface area contributed by atoms with Crippen LogP contribution in [0.1, 0.15) is 159 Å². The molecule has 21 nitrogen and oxygen atoms in total. The van der Waals surface area contributed by atoms with E-state index in [4.69, 9.17) is 61.6 Å². The summed E-state index contributed by atoms with van der Waals surface area (Å²) in [5.41, 5.74) is 0.115. The molecule has 10 fully saturated rings. The van der Waals surface area contributed by atoms with Gasteiger partial charge in [-0.3, -0.25) is 0 Å². The molecule has 0 radical (unpaired) electrons. The van der Waals surface area contributed by atoms with Gasteiger partial charge in [-0.25, -0.2) is 4.79 Å². The van der Waals surface area contributed by atoms with Gasteiger partial charge >= 0.3 is 5.97 Å². The summed E-state index contributed by atoms with van der Waals surface area (Å²) in [5.74, 6) is 0.338. The van der Waals surface area contributed by atoms with Crippen molar-refractivity contribution in [3.63, 3.8) is 0 Å². The highest BCUT2D eigenvalue weighted by Gasteiger charge is 2.68. The number of rotatable bonds is 13. The minimum absolute atomic E-state index is 0.0142. The van der Waals surface area contributed by atoms with Crippen LogP contribution in [-0.2, 0) is 66.4 Å². The van der Waals surface area contributed by atoms with Crippen LogP contribution in [0.15, 0.2) is 11.6 Å². The highest BCUT2D eigenvalue weighted by Crippen LogP contribution is 2.70. The number of fused-ring (bicyclic) bond motifs is 5. The Labute approximate surface area is 483 Å². The van der Waals surface area contributed by atoms with E-state index >= 15 is 0 Å². The monoisotopic (exact) mass is 1170 g/mol. The molecule has 0 aromatic heterocycles. The fraction of sp³-hybridized carbons (Fsp3) is 0.951. The van der Waals surface area contributed by atoms with Gasteiger partial charge in [-0.1, -0.05) is 27.7 Å². The number of ether oxygens (including phenoxy) is 13. The molecular weight excluding hydrogens is 1070 g/mol. The molecule has 11 aliphatic rings. The second kappa shape index (κ2) is 24.4. The molecule has 4 saturated carbocycles. The van der Waals surface area contributed by atoms with Gasteiger partial charge in [0.15, 0.2) is 37.7 Å². The molecule has 0 spiro atoms. The molecule has 19 unspecified atom stereocenters. The van der Waals surface area contributed by atoms with E-state index in [1.165, 1.54) is 0 Å². The van der Waals surface area contributed by atoms with Crippen molar-refractivity contribution < 1.29 is 102 Å². The van der Waals surface area contributed by atoms with E-state index < -0.39 is 147 Å². The topological polar surface area (TPSA) is 279 Å². The summed E-state index contributed by atoms with van der Waals surface area (Å²) < 4.78 is 81.1. The lowest BCUT2D eigenvalue weighted by Crippen LogP contribution is -2.62. The molecule has 468 valence electrons. The second-order valence-electron chi connectivity index (χ2n) is 27.7. The summed E-state index contributed by atoms with van der Waals surface area (Å²) in [6.45, 7) is 19.8. The van der Waals surface area contributed by atoms with Gasteiger partial charge in [0, 0.05) is 55.4 Å². The lowest BCUT2D eigenvalue weighted by molar-refractivity contribution is -0.357. The lowest BCUT2D eigenvalue weighted by Gasteiger charge is -2.64. The van der Waals surface area contributed by atoms with Crippen LogP contribution in [0, 0.1) is 46.3 Å². The molecule has 11 rings (SSSR count). The van der Waals surface area contributed by atoms with Crippen molar-refractivity contribution in [2.45, 2.75) is 312 Å². The van der Waals surface area contributed by atoms with Gasteiger partial charge in [0.2, 0.25) is 0 Å². The standard InChI is InChI=1S/C61H98O21/c1-27-29(3)71-51(25-46(27)78-57-44(65)22-48(31(5)74-57)80-58-45(66)23-47(32(6)75-58)79-56-43(64)21-41(62)30(4)73-56)81-54-34(8)76-55(28(2)52(54)68)82-53-33(7)72-50(24-42(53)63)77-37-13-16-59(9)36(20-37)11-12-40-39(59)14-17-60(10)38(15-18-61(40,60)69)35-19-49(67)70-26-35/h19,27-34,36-48,50-58,62-66,68-69H,11-18,20-26H2,1-10H3/t27?,28?,29?,30?,31?,32?,33?,34?,36-,37+,38-,39+,40-,41-,42?,43-,44-,45-,46?,47-,48+,50?,51?,52?,53?,54?,55?,56?,57?,58?,59+,60-,61+/m1/s1. The molecule has 82 heavy (non-hydrogen) atoms. The van der Waals surface area contributed by atoms with Crippen LogP contribution in [-0.4, -0.2) is 202 Å². The smallest absolute Gasteiger partial charge is 0.331 e. The van der Waals surface area contributed by atoms with Crippen LogP contribution >= 0.6 is 0 Å². The Balaban J connectivity index is 0.624. The molecule has 4 aliphatic carbocycles. The van der Waals surface area contributed by atoms with Gasteiger partial charge in [-0.2, -0.15) is 0 Å². The van der Waals surface area contributed by atoms with Crippen LogP contribution in [0.25, 0.3) is 0 Å². The first-order valence-electron chi connectivity index (χ1n) is 31.4. The minimum Gasteiger partial charge on any atom is -0.458 e. The molecule has 0 amide bonds.